The van der Waals surface area contributed by atoms with E-state index in [1.165, 1.54) is 13.2 Å². The summed E-state index contributed by atoms with van der Waals surface area (Å²) in [6.07, 6.45) is 6.34. The second-order valence-electron chi connectivity index (χ2n) is 3.98. The second-order valence-corrected chi connectivity index (χ2v) is 3.98. The highest BCUT2D eigenvalue weighted by atomic mass is 16.5. The number of carbonyl (C=O) groups excluding carboxylic acids is 1. The SMILES string of the molecule is COC(=O)/C=C/c1cncc(C#Cc2ccccc2)c1. The molecule has 0 aliphatic rings. The molecule has 0 fully saturated rings. The van der Waals surface area contributed by atoms with Crippen LogP contribution in [0.15, 0.2) is 54.9 Å². The molecule has 0 radical (unpaired) electrons. The van der Waals surface area contributed by atoms with Crippen molar-refractivity contribution in [2.75, 3.05) is 7.11 Å². The van der Waals surface area contributed by atoms with Crippen LogP contribution >= 0.6 is 0 Å². The monoisotopic (exact) mass is 263 g/mol. The van der Waals surface area contributed by atoms with Crippen LogP contribution in [0.3, 0.4) is 0 Å². The van der Waals surface area contributed by atoms with Crippen LogP contribution in [-0.2, 0) is 9.53 Å². The van der Waals surface area contributed by atoms with Crippen LogP contribution in [0.1, 0.15) is 16.7 Å². The quantitative estimate of drug-likeness (QED) is 0.475. The summed E-state index contributed by atoms with van der Waals surface area (Å²) >= 11 is 0. The van der Waals surface area contributed by atoms with Crippen molar-refractivity contribution in [2.24, 2.45) is 0 Å². The van der Waals surface area contributed by atoms with Crippen molar-refractivity contribution < 1.29 is 9.53 Å². The number of nitrogens with zero attached hydrogens (tertiary/aromatic N) is 1. The Morgan fingerprint density at radius 2 is 1.90 bits per heavy atom. The van der Waals surface area contributed by atoms with Crippen LogP contribution < -0.4 is 0 Å². The van der Waals surface area contributed by atoms with E-state index in [9.17, 15) is 4.79 Å². The smallest absolute Gasteiger partial charge is 0.330 e. The predicted molar refractivity (Wildman–Crippen MR) is 77.7 cm³/mol. The normalized spacial score (nSPS) is 9.85. The van der Waals surface area contributed by atoms with Gasteiger partial charge >= 0.3 is 5.97 Å². The van der Waals surface area contributed by atoms with Gasteiger partial charge in [0.2, 0.25) is 0 Å². The molecule has 1 aromatic carbocycles. The first-order valence-corrected chi connectivity index (χ1v) is 6.06. The van der Waals surface area contributed by atoms with Crippen LogP contribution in [0.2, 0.25) is 0 Å². The number of esters is 1. The minimum Gasteiger partial charge on any atom is -0.466 e. The van der Waals surface area contributed by atoms with E-state index in [-0.39, 0.29) is 0 Å². The van der Waals surface area contributed by atoms with Crippen molar-refractivity contribution in [1.82, 2.24) is 4.98 Å². The molecule has 0 amide bonds. The van der Waals surface area contributed by atoms with Gasteiger partial charge in [0.15, 0.2) is 0 Å². The largest absolute Gasteiger partial charge is 0.466 e. The van der Waals surface area contributed by atoms with E-state index in [0.717, 1.165) is 16.7 Å². The third-order valence-corrected chi connectivity index (χ3v) is 2.50. The lowest BCUT2D eigenvalue weighted by molar-refractivity contribution is -0.134. The lowest BCUT2D eigenvalue weighted by atomic mass is 10.1. The Labute approximate surface area is 117 Å². The third-order valence-electron chi connectivity index (χ3n) is 2.50. The Bertz CT molecular complexity index is 679. The van der Waals surface area contributed by atoms with E-state index in [2.05, 4.69) is 21.6 Å². The van der Waals surface area contributed by atoms with Gasteiger partial charge in [0.1, 0.15) is 0 Å². The summed E-state index contributed by atoms with van der Waals surface area (Å²) in [5.74, 6) is 5.70. The van der Waals surface area contributed by atoms with Gasteiger partial charge in [-0.25, -0.2) is 4.79 Å². The van der Waals surface area contributed by atoms with Gasteiger partial charge < -0.3 is 4.74 Å². The van der Waals surface area contributed by atoms with E-state index < -0.39 is 5.97 Å². The molecule has 1 heterocycles. The number of pyridine rings is 1. The summed E-state index contributed by atoms with van der Waals surface area (Å²) in [5, 5.41) is 0. The lowest BCUT2D eigenvalue weighted by Gasteiger charge is -1.94. The molecule has 3 heteroatoms. The van der Waals surface area contributed by atoms with Crippen molar-refractivity contribution in [2.45, 2.75) is 0 Å². The summed E-state index contributed by atoms with van der Waals surface area (Å²) in [7, 11) is 1.34. The highest BCUT2D eigenvalue weighted by Crippen LogP contribution is 2.04. The topological polar surface area (TPSA) is 39.2 Å². The van der Waals surface area contributed by atoms with Gasteiger partial charge in [-0.15, -0.1) is 0 Å². The summed E-state index contributed by atoms with van der Waals surface area (Å²) in [6.45, 7) is 0. The average Bonchev–Trinajstić information content (AvgIpc) is 2.52. The maximum absolute atomic E-state index is 11.0. The molecule has 2 aromatic rings. The molecule has 0 saturated heterocycles. The molecule has 0 spiro atoms. The van der Waals surface area contributed by atoms with E-state index in [1.54, 1.807) is 18.5 Å². The number of ether oxygens (including phenoxy) is 1. The Balaban J connectivity index is 2.17. The van der Waals surface area contributed by atoms with Gasteiger partial charge in [0.25, 0.3) is 0 Å². The first-order valence-electron chi connectivity index (χ1n) is 6.06. The van der Waals surface area contributed by atoms with Gasteiger partial charge in [-0.1, -0.05) is 30.0 Å². The molecule has 98 valence electrons. The van der Waals surface area contributed by atoms with E-state index in [0.29, 0.717) is 0 Å². The number of aromatic nitrogens is 1. The number of hydrogen-bond acceptors (Lipinski definition) is 3. The first kappa shape index (κ1) is 13.6. The standard InChI is InChI=1S/C17H13NO2/c1-20-17(19)10-9-16-11-15(12-18-13-16)8-7-14-5-3-2-4-6-14/h2-6,9-13H,1H3/b10-9+. The third kappa shape index (κ3) is 4.11. The van der Waals surface area contributed by atoms with Crippen molar-refractivity contribution in [1.29, 1.82) is 0 Å². The molecular weight excluding hydrogens is 250 g/mol. The summed E-state index contributed by atoms with van der Waals surface area (Å²) < 4.78 is 4.53. The summed E-state index contributed by atoms with van der Waals surface area (Å²) in [6, 6.07) is 11.6. The zero-order valence-corrected chi connectivity index (χ0v) is 11.0. The molecule has 0 aliphatic carbocycles. The molecule has 0 bridgehead atoms. The van der Waals surface area contributed by atoms with Gasteiger partial charge in [0.05, 0.1) is 7.11 Å². The first-order chi connectivity index (χ1) is 9.78. The number of carbonyl (C=O) groups is 1. The molecule has 0 aliphatic heterocycles. The van der Waals surface area contributed by atoms with E-state index in [4.69, 9.17) is 0 Å². The Morgan fingerprint density at radius 1 is 1.15 bits per heavy atom. The molecule has 0 atom stereocenters. The Kier molecular flexibility index (Phi) is 4.69. The van der Waals surface area contributed by atoms with Gasteiger partial charge in [-0.2, -0.15) is 0 Å². The molecule has 0 saturated carbocycles. The van der Waals surface area contributed by atoms with Gasteiger partial charge in [-0.3, -0.25) is 4.98 Å². The Morgan fingerprint density at radius 3 is 2.65 bits per heavy atom. The van der Waals surface area contributed by atoms with E-state index in [1.807, 2.05) is 36.4 Å². The van der Waals surface area contributed by atoms with Crippen LogP contribution in [0.5, 0.6) is 0 Å². The van der Waals surface area contributed by atoms with E-state index >= 15 is 0 Å². The minimum atomic E-state index is -0.397. The summed E-state index contributed by atoms with van der Waals surface area (Å²) in [4.78, 5) is 15.1. The molecular formula is C17H13NO2. The van der Waals surface area contributed by atoms with Gasteiger partial charge in [0, 0.05) is 29.6 Å². The molecule has 0 N–H and O–H groups in total. The maximum Gasteiger partial charge on any atom is 0.330 e. The zero-order chi connectivity index (χ0) is 14.2. The van der Waals surface area contributed by atoms with Crippen molar-refractivity contribution in [3.63, 3.8) is 0 Å². The average molecular weight is 263 g/mol. The minimum absolute atomic E-state index is 0.397. The van der Waals surface area contributed by atoms with Crippen LogP contribution in [0.4, 0.5) is 0 Å². The predicted octanol–water partition coefficient (Wildman–Crippen LogP) is 2.67. The molecule has 3 nitrogen and oxygen atoms in total. The van der Waals surface area contributed by atoms with Crippen molar-refractivity contribution in [3.05, 3.63) is 71.6 Å². The van der Waals surface area contributed by atoms with Crippen LogP contribution in [0.25, 0.3) is 6.08 Å². The zero-order valence-electron chi connectivity index (χ0n) is 11.0. The fourth-order valence-electron chi connectivity index (χ4n) is 1.52. The van der Waals surface area contributed by atoms with Crippen molar-refractivity contribution in [3.8, 4) is 11.8 Å². The fraction of sp³-hybridized carbons (Fsp3) is 0.0588. The van der Waals surface area contributed by atoms with Crippen molar-refractivity contribution >= 4 is 12.0 Å². The maximum atomic E-state index is 11.0. The number of rotatable bonds is 2. The van der Waals surface area contributed by atoms with Crippen LogP contribution in [0, 0.1) is 11.8 Å². The van der Waals surface area contributed by atoms with Crippen LogP contribution in [-0.4, -0.2) is 18.1 Å². The second kappa shape index (κ2) is 6.91. The number of hydrogen-bond donors (Lipinski definition) is 0. The molecule has 20 heavy (non-hydrogen) atoms. The number of benzene rings is 1. The molecule has 1 aromatic heterocycles. The fourth-order valence-corrected chi connectivity index (χ4v) is 1.52. The highest BCUT2D eigenvalue weighted by molar-refractivity contribution is 5.86. The highest BCUT2D eigenvalue weighted by Gasteiger charge is 1.94. The summed E-state index contributed by atoms with van der Waals surface area (Å²) in [5.41, 5.74) is 2.54. The lowest BCUT2D eigenvalue weighted by Crippen LogP contribution is -1.93. The Hall–Kier alpha value is -2.86. The molecule has 2 rings (SSSR count). The molecule has 0 unspecified atom stereocenters. The van der Waals surface area contributed by atoms with Gasteiger partial charge in [-0.05, 0) is 29.8 Å². The number of methoxy groups -OCH3 is 1.